The Labute approximate surface area is 150 Å². The molecule has 0 saturated carbocycles. The van der Waals surface area contributed by atoms with Crippen LogP contribution in [0.25, 0.3) is 0 Å². The molecule has 1 aromatic heterocycles. The number of hydrogen-bond acceptors (Lipinski definition) is 5. The highest BCUT2D eigenvalue weighted by molar-refractivity contribution is 5.91. The highest BCUT2D eigenvalue weighted by Crippen LogP contribution is 2.05. The highest BCUT2D eigenvalue weighted by atomic mass is 16.4. The zero-order valence-corrected chi connectivity index (χ0v) is 14.0. The van der Waals surface area contributed by atoms with E-state index in [1.54, 1.807) is 24.3 Å². The first-order chi connectivity index (χ1) is 12.5. The molecule has 6 N–H and O–H groups in total. The third kappa shape index (κ3) is 5.71. The quantitative estimate of drug-likeness (QED) is 0.396. The number of aromatic amines is 1. The minimum atomic E-state index is -1.16. The number of carboxylic acids is 1. The number of imidazole rings is 1. The van der Waals surface area contributed by atoms with E-state index in [2.05, 4.69) is 20.6 Å². The molecule has 2 atom stereocenters. The molecule has 0 spiro atoms. The van der Waals surface area contributed by atoms with Gasteiger partial charge in [-0.2, -0.15) is 0 Å². The topological polar surface area (TPSA) is 150 Å². The van der Waals surface area contributed by atoms with Crippen LogP contribution in [0.3, 0.4) is 0 Å². The van der Waals surface area contributed by atoms with Gasteiger partial charge in [-0.3, -0.25) is 9.59 Å². The first-order valence-electron chi connectivity index (χ1n) is 8.03. The predicted molar refractivity (Wildman–Crippen MR) is 93.0 cm³/mol. The number of aromatic nitrogens is 2. The van der Waals surface area contributed by atoms with Crippen molar-refractivity contribution in [3.63, 3.8) is 0 Å². The molecular weight excluding hydrogens is 338 g/mol. The van der Waals surface area contributed by atoms with Gasteiger partial charge in [-0.1, -0.05) is 30.3 Å². The van der Waals surface area contributed by atoms with Crippen LogP contribution in [0.5, 0.6) is 0 Å². The Morgan fingerprint density at radius 2 is 1.85 bits per heavy atom. The van der Waals surface area contributed by atoms with Crippen molar-refractivity contribution in [3.8, 4) is 0 Å². The molecule has 9 nitrogen and oxygen atoms in total. The summed E-state index contributed by atoms with van der Waals surface area (Å²) in [4.78, 5) is 42.4. The molecule has 2 aromatic rings. The summed E-state index contributed by atoms with van der Waals surface area (Å²) in [5, 5.41) is 14.4. The van der Waals surface area contributed by atoms with E-state index in [1.165, 1.54) is 12.5 Å². The monoisotopic (exact) mass is 359 g/mol. The van der Waals surface area contributed by atoms with Crippen LogP contribution in [0.4, 0.5) is 0 Å². The van der Waals surface area contributed by atoms with Crippen molar-refractivity contribution in [1.29, 1.82) is 0 Å². The van der Waals surface area contributed by atoms with Crippen molar-refractivity contribution >= 4 is 17.8 Å². The number of nitrogens with two attached hydrogens (primary N) is 1. The van der Waals surface area contributed by atoms with Crippen LogP contribution < -0.4 is 16.4 Å². The fraction of sp³-hybridized carbons (Fsp3) is 0.294. The molecule has 1 heterocycles. The standard InChI is InChI=1S/C17H21N5O4/c18-8-15(23)21-13(7-12-9-19-10-20-12)16(24)22-14(17(25)26)6-11-4-2-1-3-5-11/h1-5,9-10,13-14H,6-8,18H2,(H,19,20)(H,21,23)(H,22,24)(H,25,26). The zero-order valence-electron chi connectivity index (χ0n) is 14.0. The van der Waals surface area contributed by atoms with Crippen molar-refractivity contribution in [2.75, 3.05) is 6.54 Å². The van der Waals surface area contributed by atoms with Crippen molar-refractivity contribution < 1.29 is 19.5 Å². The van der Waals surface area contributed by atoms with Crippen LogP contribution in [0.2, 0.25) is 0 Å². The number of carbonyl (C=O) groups excluding carboxylic acids is 2. The van der Waals surface area contributed by atoms with Crippen molar-refractivity contribution in [2.24, 2.45) is 5.73 Å². The lowest BCUT2D eigenvalue weighted by molar-refractivity contribution is -0.142. The van der Waals surface area contributed by atoms with E-state index < -0.39 is 29.9 Å². The lowest BCUT2D eigenvalue weighted by atomic mass is 10.0. The third-order valence-corrected chi connectivity index (χ3v) is 3.71. The van der Waals surface area contributed by atoms with Gasteiger partial charge in [-0.15, -0.1) is 0 Å². The molecule has 0 aliphatic carbocycles. The Balaban J connectivity index is 2.08. The smallest absolute Gasteiger partial charge is 0.326 e. The van der Waals surface area contributed by atoms with E-state index in [0.29, 0.717) is 5.69 Å². The molecule has 0 aliphatic heterocycles. The SMILES string of the molecule is NCC(=O)NC(Cc1cnc[nH]1)C(=O)NC(Cc1ccccc1)C(=O)O. The molecule has 1 aromatic carbocycles. The summed E-state index contributed by atoms with van der Waals surface area (Å²) in [6, 6.07) is 6.87. The Hall–Kier alpha value is -3.20. The Bertz CT molecular complexity index is 733. The minimum absolute atomic E-state index is 0.128. The summed E-state index contributed by atoms with van der Waals surface area (Å²) in [7, 11) is 0. The highest BCUT2D eigenvalue weighted by Gasteiger charge is 2.27. The number of benzene rings is 1. The summed E-state index contributed by atoms with van der Waals surface area (Å²) < 4.78 is 0. The van der Waals surface area contributed by atoms with Gasteiger partial charge in [-0.05, 0) is 5.56 Å². The number of hydrogen-bond donors (Lipinski definition) is 5. The van der Waals surface area contributed by atoms with Gasteiger partial charge in [0.25, 0.3) is 0 Å². The van der Waals surface area contributed by atoms with Crippen LogP contribution in [0.1, 0.15) is 11.3 Å². The summed E-state index contributed by atoms with van der Waals surface area (Å²) in [6.45, 7) is -0.279. The van der Waals surface area contributed by atoms with Crippen LogP contribution in [-0.2, 0) is 27.2 Å². The fourth-order valence-corrected chi connectivity index (χ4v) is 2.40. The average molecular weight is 359 g/mol. The van der Waals surface area contributed by atoms with Crippen LogP contribution in [0.15, 0.2) is 42.9 Å². The van der Waals surface area contributed by atoms with Crippen molar-refractivity contribution in [2.45, 2.75) is 24.9 Å². The van der Waals surface area contributed by atoms with Crippen molar-refractivity contribution in [3.05, 3.63) is 54.1 Å². The molecule has 0 saturated heterocycles. The Kier molecular flexibility index (Phi) is 6.86. The summed E-state index contributed by atoms with van der Waals surface area (Å²) in [5.41, 5.74) is 6.68. The summed E-state index contributed by atoms with van der Waals surface area (Å²) in [6.07, 6.45) is 3.23. The van der Waals surface area contributed by atoms with Crippen LogP contribution in [0, 0.1) is 0 Å². The second-order valence-electron chi connectivity index (χ2n) is 5.69. The fourth-order valence-electron chi connectivity index (χ4n) is 2.40. The number of rotatable bonds is 9. The second kappa shape index (κ2) is 9.33. The summed E-state index contributed by atoms with van der Waals surface area (Å²) >= 11 is 0. The molecule has 0 radical (unpaired) electrons. The van der Waals surface area contributed by atoms with Gasteiger partial charge in [0.2, 0.25) is 11.8 Å². The van der Waals surface area contributed by atoms with Gasteiger partial charge in [0.1, 0.15) is 12.1 Å². The lowest BCUT2D eigenvalue weighted by Crippen LogP contribution is -2.54. The van der Waals surface area contributed by atoms with E-state index in [0.717, 1.165) is 5.56 Å². The molecule has 0 fully saturated rings. The number of carbonyl (C=O) groups is 3. The van der Waals surface area contributed by atoms with E-state index in [4.69, 9.17) is 5.73 Å². The van der Waals surface area contributed by atoms with Crippen LogP contribution in [-0.4, -0.2) is 51.5 Å². The number of amides is 2. The van der Waals surface area contributed by atoms with E-state index >= 15 is 0 Å². The van der Waals surface area contributed by atoms with Gasteiger partial charge in [-0.25, -0.2) is 9.78 Å². The molecule has 0 bridgehead atoms. The van der Waals surface area contributed by atoms with Gasteiger partial charge in [0, 0.05) is 24.7 Å². The summed E-state index contributed by atoms with van der Waals surface area (Å²) in [5.74, 6) is -2.28. The molecule has 2 amide bonds. The normalized spacial score (nSPS) is 12.8. The lowest BCUT2D eigenvalue weighted by Gasteiger charge is -2.21. The Morgan fingerprint density at radius 1 is 1.12 bits per heavy atom. The Morgan fingerprint density at radius 3 is 2.42 bits per heavy atom. The first kappa shape index (κ1) is 19.1. The number of nitrogens with one attached hydrogen (secondary N) is 3. The van der Waals surface area contributed by atoms with Gasteiger partial charge >= 0.3 is 5.97 Å². The average Bonchev–Trinajstić information content (AvgIpc) is 3.14. The molecule has 138 valence electrons. The maximum atomic E-state index is 12.6. The number of carboxylic acid groups (broad SMARTS) is 1. The van der Waals surface area contributed by atoms with Gasteiger partial charge in [0.05, 0.1) is 12.9 Å². The number of H-pyrrole nitrogens is 1. The second-order valence-corrected chi connectivity index (χ2v) is 5.69. The van der Waals surface area contributed by atoms with Gasteiger partial charge < -0.3 is 26.5 Å². The molecule has 9 heteroatoms. The number of nitrogens with zero attached hydrogens (tertiary/aromatic N) is 1. The molecule has 2 rings (SSSR count). The third-order valence-electron chi connectivity index (χ3n) is 3.71. The molecule has 0 aliphatic rings. The van der Waals surface area contributed by atoms with E-state index in [9.17, 15) is 19.5 Å². The zero-order chi connectivity index (χ0) is 18.9. The van der Waals surface area contributed by atoms with E-state index in [1.807, 2.05) is 6.07 Å². The van der Waals surface area contributed by atoms with Crippen molar-refractivity contribution in [1.82, 2.24) is 20.6 Å². The van der Waals surface area contributed by atoms with Gasteiger partial charge in [0.15, 0.2) is 0 Å². The number of aliphatic carboxylic acids is 1. The maximum Gasteiger partial charge on any atom is 0.326 e. The molecule has 2 unspecified atom stereocenters. The molecular formula is C17H21N5O4. The predicted octanol–water partition coefficient (Wildman–Crippen LogP) is -0.792. The van der Waals surface area contributed by atoms with Crippen LogP contribution >= 0.6 is 0 Å². The maximum absolute atomic E-state index is 12.6. The minimum Gasteiger partial charge on any atom is -0.480 e. The van der Waals surface area contributed by atoms with E-state index in [-0.39, 0.29) is 19.4 Å². The largest absolute Gasteiger partial charge is 0.480 e. The first-order valence-corrected chi connectivity index (χ1v) is 8.03. The molecule has 26 heavy (non-hydrogen) atoms.